The summed E-state index contributed by atoms with van der Waals surface area (Å²) in [5.74, 6) is -5.29. The topological polar surface area (TPSA) is 94.2 Å². The third-order valence-electron chi connectivity index (χ3n) is 7.04. The molecule has 1 aliphatic rings. The van der Waals surface area contributed by atoms with Gasteiger partial charge in [0.2, 0.25) is 11.9 Å². The number of nitrogens with one attached hydrogen (secondary N) is 2. The fraction of sp³-hybridized carbons (Fsp3) is 0.310. The SMILES string of the molecule is CC(C)(C)C(=O)Nc1ccncc1C(=O)N1CCN(c2nc3c(-c4cc(F)c(F)c(F)c4)cc(C(F)(F)F)cc3[nH]2)CC1. The molecule has 3 heterocycles. The highest BCUT2D eigenvalue weighted by molar-refractivity contribution is 6.04. The van der Waals surface area contributed by atoms with Crippen LogP contribution in [-0.4, -0.2) is 57.8 Å². The van der Waals surface area contributed by atoms with Gasteiger partial charge in [0.1, 0.15) is 0 Å². The number of rotatable bonds is 4. The Morgan fingerprint density at radius 3 is 2.21 bits per heavy atom. The van der Waals surface area contributed by atoms with E-state index in [2.05, 4.69) is 20.3 Å². The van der Waals surface area contributed by atoms with E-state index in [9.17, 15) is 35.9 Å². The summed E-state index contributed by atoms with van der Waals surface area (Å²) < 4.78 is 82.6. The molecule has 0 bridgehead atoms. The van der Waals surface area contributed by atoms with Crippen molar-refractivity contribution in [3.8, 4) is 11.1 Å². The van der Waals surface area contributed by atoms with Gasteiger partial charge in [-0.1, -0.05) is 20.8 Å². The van der Waals surface area contributed by atoms with Crippen molar-refractivity contribution < 1.29 is 35.9 Å². The lowest BCUT2D eigenvalue weighted by molar-refractivity contribution is -0.137. The van der Waals surface area contributed by atoms with Crippen LogP contribution in [0.25, 0.3) is 22.2 Å². The van der Waals surface area contributed by atoms with Crippen LogP contribution in [0.15, 0.2) is 42.7 Å². The molecule has 8 nitrogen and oxygen atoms in total. The smallest absolute Gasteiger partial charge is 0.339 e. The Kier molecular flexibility index (Phi) is 7.57. The summed E-state index contributed by atoms with van der Waals surface area (Å²) in [6.07, 6.45) is -1.95. The van der Waals surface area contributed by atoms with E-state index in [1.165, 1.54) is 18.5 Å². The highest BCUT2D eigenvalue weighted by Crippen LogP contribution is 2.38. The van der Waals surface area contributed by atoms with Crippen molar-refractivity contribution in [2.45, 2.75) is 26.9 Å². The monoisotopic (exact) mass is 604 g/mol. The fourth-order valence-electron chi connectivity index (χ4n) is 4.62. The Labute approximate surface area is 241 Å². The number of amides is 2. The van der Waals surface area contributed by atoms with E-state index in [1.807, 2.05) is 0 Å². The maximum absolute atomic E-state index is 14.0. The standard InChI is InChI=1S/C29H26F6N6O2/c1-28(2,3)26(43)37-21-4-5-36-14-18(21)25(42)40-6-8-41(9-7-40)27-38-22-13-16(29(33,34)35)12-17(24(22)39-27)15-10-19(30)23(32)20(31)11-15/h4-5,10-14H,6-9H2,1-3H3,(H,38,39)(H,36,37,43). The lowest BCUT2D eigenvalue weighted by atomic mass is 9.95. The predicted octanol–water partition coefficient (Wildman–Crippen LogP) is 6.01. The van der Waals surface area contributed by atoms with Crippen LogP contribution >= 0.6 is 0 Å². The molecular formula is C29H26F6N6O2. The highest BCUT2D eigenvalue weighted by atomic mass is 19.4. The third kappa shape index (κ3) is 5.99. The first-order chi connectivity index (χ1) is 20.1. The van der Waals surface area contributed by atoms with E-state index in [4.69, 9.17) is 0 Å². The van der Waals surface area contributed by atoms with E-state index in [0.717, 1.165) is 6.07 Å². The summed E-state index contributed by atoms with van der Waals surface area (Å²) in [7, 11) is 0. The number of alkyl halides is 3. The fourth-order valence-corrected chi connectivity index (χ4v) is 4.62. The Bertz CT molecular complexity index is 1700. The van der Waals surface area contributed by atoms with Gasteiger partial charge in [-0.2, -0.15) is 13.2 Å². The number of H-pyrrole nitrogens is 1. The van der Waals surface area contributed by atoms with Gasteiger partial charge in [0.25, 0.3) is 5.91 Å². The lowest BCUT2D eigenvalue weighted by Crippen LogP contribution is -2.49. The molecule has 1 aliphatic heterocycles. The Morgan fingerprint density at radius 2 is 1.60 bits per heavy atom. The molecule has 2 aromatic heterocycles. The molecule has 2 aromatic carbocycles. The highest BCUT2D eigenvalue weighted by Gasteiger charge is 2.33. The number of imidazole rings is 1. The van der Waals surface area contributed by atoms with Gasteiger partial charge in [0, 0.05) is 49.6 Å². The number of aromatic amines is 1. The minimum absolute atomic E-state index is 0.00139. The van der Waals surface area contributed by atoms with Crippen LogP contribution in [-0.2, 0) is 11.0 Å². The summed E-state index contributed by atoms with van der Waals surface area (Å²) >= 11 is 0. The van der Waals surface area contributed by atoms with Crippen LogP contribution in [0.3, 0.4) is 0 Å². The van der Waals surface area contributed by atoms with Crippen LogP contribution in [0.5, 0.6) is 0 Å². The normalized spacial score (nSPS) is 14.3. The Hall–Kier alpha value is -4.62. The first-order valence-electron chi connectivity index (χ1n) is 13.2. The number of carbonyl (C=O) groups excluding carboxylic acids is 2. The third-order valence-corrected chi connectivity index (χ3v) is 7.04. The number of benzene rings is 2. The molecule has 1 fully saturated rings. The van der Waals surface area contributed by atoms with Gasteiger partial charge in [-0.25, -0.2) is 18.2 Å². The molecule has 2 amide bonds. The zero-order valence-corrected chi connectivity index (χ0v) is 23.2. The Balaban J connectivity index is 1.40. The molecule has 4 aromatic rings. The zero-order valence-electron chi connectivity index (χ0n) is 23.2. The molecule has 0 atom stereocenters. The molecule has 226 valence electrons. The quantitative estimate of drug-likeness (QED) is 0.220. The number of piperazine rings is 1. The van der Waals surface area contributed by atoms with Crippen molar-refractivity contribution >= 4 is 34.5 Å². The number of carbonyl (C=O) groups is 2. The number of halogens is 6. The molecule has 0 saturated carbocycles. The molecule has 5 rings (SSSR count). The van der Waals surface area contributed by atoms with Gasteiger partial charge in [0.15, 0.2) is 17.5 Å². The average molecular weight is 605 g/mol. The molecule has 0 aliphatic carbocycles. The molecule has 0 unspecified atom stereocenters. The van der Waals surface area contributed by atoms with Crippen molar-refractivity contribution in [1.82, 2.24) is 19.9 Å². The molecule has 1 saturated heterocycles. The summed E-state index contributed by atoms with van der Waals surface area (Å²) in [5.41, 5.74) is -1.84. The molecule has 0 radical (unpaired) electrons. The van der Waals surface area contributed by atoms with Crippen molar-refractivity contribution in [3.63, 3.8) is 0 Å². The second-order valence-corrected chi connectivity index (χ2v) is 11.1. The van der Waals surface area contributed by atoms with Crippen LogP contribution in [0, 0.1) is 22.9 Å². The van der Waals surface area contributed by atoms with Gasteiger partial charge < -0.3 is 20.1 Å². The van der Waals surface area contributed by atoms with Gasteiger partial charge in [-0.3, -0.25) is 14.6 Å². The number of fused-ring (bicyclic) bond motifs is 1. The van der Waals surface area contributed by atoms with Gasteiger partial charge in [-0.05, 0) is 35.9 Å². The van der Waals surface area contributed by atoms with Gasteiger partial charge in [0.05, 0.1) is 27.8 Å². The van der Waals surface area contributed by atoms with E-state index in [0.29, 0.717) is 23.9 Å². The number of aromatic nitrogens is 3. The van der Waals surface area contributed by atoms with E-state index in [-0.39, 0.29) is 71.7 Å². The molecule has 0 spiro atoms. The van der Waals surface area contributed by atoms with E-state index < -0.39 is 34.6 Å². The summed E-state index contributed by atoms with van der Waals surface area (Å²) in [4.78, 5) is 40.4. The average Bonchev–Trinajstić information content (AvgIpc) is 3.39. The number of anilines is 2. The van der Waals surface area contributed by atoms with Crippen molar-refractivity contribution in [1.29, 1.82) is 0 Å². The van der Waals surface area contributed by atoms with Crippen molar-refractivity contribution in [2.24, 2.45) is 5.41 Å². The number of pyridine rings is 1. The first-order valence-corrected chi connectivity index (χ1v) is 13.2. The first kappa shape index (κ1) is 29.9. The van der Waals surface area contributed by atoms with Gasteiger partial charge >= 0.3 is 6.18 Å². The summed E-state index contributed by atoms with van der Waals surface area (Å²) in [5, 5.41) is 2.76. The van der Waals surface area contributed by atoms with Crippen LogP contribution in [0.2, 0.25) is 0 Å². The Morgan fingerprint density at radius 1 is 0.953 bits per heavy atom. The minimum atomic E-state index is -4.78. The van der Waals surface area contributed by atoms with Gasteiger partial charge in [-0.15, -0.1) is 0 Å². The molecule has 43 heavy (non-hydrogen) atoms. The van der Waals surface area contributed by atoms with Crippen LogP contribution in [0.4, 0.5) is 38.0 Å². The van der Waals surface area contributed by atoms with E-state index in [1.54, 1.807) is 30.6 Å². The summed E-state index contributed by atoms with van der Waals surface area (Å²) in [6, 6.07) is 4.30. The molecular weight excluding hydrogens is 578 g/mol. The number of nitrogens with zero attached hydrogens (tertiary/aromatic N) is 4. The zero-order chi connectivity index (χ0) is 31.3. The van der Waals surface area contributed by atoms with Crippen molar-refractivity contribution in [3.05, 3.63) is 71.3 Å². The van der Waals surface area contributed by atoms with Crippen molar-refractivity contribution in [2.75, 3.05) is 36.4 Å². The predicted molar refractivity (Wildman–Crippen MR) is 147 cm³/mol. The second-order valence-electron chi connectivity index (χ2n) is 11.1. The lowest BCUT2D eigenvalue weighted by Gasteiger charge is -2.34. The largest absolute Gasteiger partial charge is 0.416 e. The van der Waals surface area contributed by atoms with Crippen LogP contribution < -0.4 is 10.2 Å². The maximum Gasteiger partial charge on any atom is 0.416 e. The summed E-state index contributed by atoms with van der Waals surface area (Å²) in [6.45, 7) is 6.15. The van der Waals surface area contributed by atoms with E-state index >= 15 is 0 Å². The molecule has 14 heteroatoms. The van der Waals surface area contributed by atoms with Crippen LogP contribution in [0.1, 0.15) is 36.7 Å². The number of hydrogen-bond donors (Lipinski definition) is 2. The molecule has 2 N–H and O–H groups in total. The minimum Gasteiger partial charge on any atom is -0.339 e. The second kappa shape index (κ2) is 10.9. The maximum atomic E-state index is 14.0. The number of hydrogen-bond acceptors (Lipinski definition) is 5.